The fourth-order valence-electron chi connectivity index (χ4n) is 3.75. The highest BCUT2D eigenvalue weighted by atomic mass is 32.1. The van der Waals surface area contributed by atoms with Gasteiger partial charge in [0.1, 0.15) is 0 Å². The van der Waals surface area contributed by atoms with E-state index in [2.05, 4.69) is 50.1 Å². The summed E-state index contributed by atoms with van der Waals surface area (Å²) < 4.78 is 1.34. The van der Waals surface area contributed by atoms with Crippen LogP contribution in [0.25, 0.3) is 10.1 Å². The molecule has 2 heterocycles. The molecule has 6 nitrogen and oxygen atoms in total. The summed E-state index contributed by atoms with van der Waals surface area (Å²) >= 11 is 1.81. The maximum absolute atomic E-state index is 12.4. The van der Waals surface area contributed by atoms with E-state index in [1.165, 1.54) is 22.6 Å². The number of anilines is 2. The molecule has 7 heteroatoms. The number of carbonyl (C=O) groups excluding carboxylic acids is 2. The second-order valence-electron chi connectivity index (χ2n) is 7.62. The van der Waals surface area contributed by atoms with E-state index in [9.17, 15) is 9.59 Å². The molecule has 1 aliphatic rings. The van der Waals surface area contributed by atoms with Gasteiger partial charge in [-0.15, -0.1) is 11.3 Å². The first kappa shape index (κ1) is 20.5. The van der Waals surface area contributed by atoms with Crippen LogP contribution in [-0.2, 0) is 16.1 Å². The van der Waals surface area contributed by atoms with Crippen molar-refractivity contribution in [2.45, 2.75) is 13.5 Å². The van der Waals surface area contributed by atoms with Gasteiger partial charge in [-0.05, 0) is 46.7 Å². The maximum Gasteiger partial charge on any atom is 0.238 e. The largest absolute Gasteiger partial charge is 0.326 e. The van der Waals surface area contributed by atoms with Gasteiger partial charge in [0.25, 0.3) is 0 Å². The number of rotatable bonds is 6. The number of nitrogens with one attached hydrogen (secondary N) is 2. The minimum Gasteiger partial charge on any atom is -0.326 e. The molecule has 0 atom stereocenters. The summed E-state index contributed by atoms with van der Waals surface area (Å²) in [5.41, 5.74) is 2.84. The van der Waals surface area contributed by atoms with Crippen LogP contribution in [0.4, 0.5) is 11.4 Å². The molecular weight excluding hydrogens is 396 g/mol. The van der Waals surface area contributed by atoms with Gasteiger partial charge < -0.3 is 10.6 Å². The number of hydrogen-bond acceptors (Lipinski definition) is 5. The molecule has 4 rings (SSSR count). The van der Waals surface area contributed by atoms with Gasteiger partial charge in [-0.2, -0.15) is 0 Å². The van der Waals surface area contributed by atoms with Crippen LogP contribution < -0.4 is 10.6 Å². The zero-order chi connectivity index (χ0) is 20.9. The smallest absolute Gasteiger partial charge is 0.238 e. The first-order valence-electron chi connectivity index (χ1n) is 10.1. The highest BCUT2D eigenvalue weighted by Crippen LogP contribution is 2.27. The molecule has 1 aliphatic heterocycles. The minimum absolute atomic E-state index is 0.0143. The number of amides is 2. The Hall–Kier alpha value is -2.74. The lowest BCUT2D eigenvalue weighted by Crippen LogP contribution is -2.48. The average Bonchev–Trinajstić information content (AvgIpc) is 3.13. The predicted octanol–water partition coefficient (Wildman–Crippen LogP) is 3.62. The molecule has 156 valence electrons. The summed E-state index contributed by atoms with van der Waals surface area (Å²) in [5, 5.41) is 9.27. The van der Waals surface area contributed by atoms with Crippen molar-refractivity contribution in [3.8, 4) is 0 Å². The lowest BCUT2D eigenvalue weighted by Gasteiger charge is -2.34. The van der Waals surface area contributed by atoms with Gasteiger partial charge in [0.05, 0.1) is 6.54 Å². The summed E-state index contributed by atoms with van der Waals surface area (Å²) in [7, 11) is 0. The van der Waals surface area contributed by atoms with Crippen molar-refractivity contribution in [3.05, 3.63) is 59.5 Å². The number of hydrogen-bond donors (Lipinski definition) is 2. The molecule has 1 saturated heterocycles. The molecule has 0 spiro atoms. The second kappa shape index (κ2) is 9.38. The maximum atomic E-state index is 12.4. The fraction of sp³-hybridized carbons (Fsp3) is 0.304. The topological polar surface area (TPSA) is 64.7 Å². The molecule has 0 bridgehead atoms. The Morgan fingerprint density at radius 2 is 1.53 bits per heavy atom. The van der Waals surface area contributed by atoms with Crippen LogP contribution in [0.2, 0.25) is 0 Å². The van der Waals surface area contributed by atoms with E-state index in [-0.39, 0.29) is 11.8 Å². The van der Waals surface area contributed by atoms with Gasteiger partial charge >= 0.3 is 0 Å². The average molecular weight is 423 g/mol. The van der Waals surface area contributed by atoms with Gasteiger partial charge in [-0.3, -0.25) is 19.4 Å². The van der Waals surface area contributed by atoms with Crippen molar-refractivity contribution in [3.63, 3.8) is 0 Å². The number of benzene rings is 2. The standard InChI is InChI=1S/C23H26N4O2S/c1-17(28)24-19-6-8-20(9-7-19)25-23(29)15-27-12-10-26(11-13-27)14-18-16-30-22-5-3-2-4-21(18)22/h2-9,16H,10-15H2,1H3,(H,24,28)(H,25,29). The number of fused-ring (bicyclic) bond motifs is 1. The van der Waals surface area contributed by atoms with Crippen molar-refractivity contribution in [1.29, 1.82) is 0 Å². The van der Waals surface area contributed by atoms with Crippen molar-refractivity contribution >= 4 is 44.6 Å². The van der Waals surface area contributed by atoms with E-state index in [1.54, 1.807) is 35.6 Å². The molecular formula is C23H26N4O2S. The van der Waals surface area contributed by atoms with Gasteiger partial charge in [0.15, 0.2) is 0 Å². The Bertz CT molecular complexity index is 1020. The lowest BCUT2D eigenvalue weighted by atomic mass is 10.1. The van der Waals surface area contributed by atoms with Gasteiger partial charge in [-0.25, -0.2) is 0 Å². The van der Waals surface area contributed by atoms with E-state index in [4.69, 9.17) is 0 Å². The molecule has 1 aromatic heterocycles. The summed E-state index contributed by atoms with van der Waals surface area (Å²) in [4.78, 5) is 28.1. The van der Waals surface area contributed by atoms with Crippen LogP contribution >= 0.6 is 11.3 Å². The summed E-state index contributed by atoms with van der Waals surface area (Å²) in [6, 6.07) is 15.7. The first-order chi connectivity index (χ1) is 14.6. The van der Waals surface area contributed by atoms with Crippen molar-refractivity contribution < 1.29 is 9.59 Å². The van der Waals surface area contributed by atoms with Crippen LogP contribution in [0.3, 0.4) is 0 Å². The van der Waals surface area contributed by atoms with E-state index >= 15 is 0 Å². The van der Waals surface area contributed by atoms with E-state index in [0.29, 0.717) is 6.54 Å². The number of carbonyl (C=O) groups is 2. The molecule has 2 amide bonds. The van der Waals surface area contributed by atoms with Crippen LogP contribution in [0.5, 0.6) is 0 Å². The summed E-state index contributed by atoms with van der Waals surface area (Å²) in [6.07, 6.45) is 0. The predicted molar refractivity (Wildman–Crippen MR) is 123 cm³/mol. The fourth-order valence-corrected chi connectivity index (χ4v) is 4.70. The molecule has 0 unspecified atom stereocenters. The molecule has 1 fully saturated rings. The first-order valence-corrected chi connectivity index (χ1v) is 11.0. The lowest BCUT2D eigenvalue weighted by molar-refractivity contribution is -0.117. The molecule has 3 aromatic rings. The van der Waals surface area contributed by atoms with Crippen molar-refractivity contribution in [1.82, 2.24) is 9.80 Å². The highest BCUT2D eigenvalue weighted by molar-refractivity contribution is 7.17. The SMILES string of the molecule is CC(=O)Nc1ccc(NC(=O)CN2CCN(Cc3csc4ccccc34)CC2)cc1. The minimum atomic E-state index is -0.113. The Morgan fingerprint density at radius 3 is 2.23 bits per heavy atom. The normalized spacial score (nSPS) is 15.2. The number of thiophene rings is 1. The quantitative estimate of drug-likeness (QED) is 0.637. The molecule has 0 saturated carbocycles. The van der Waals surface area contributed by atoms with Gasteiger partial charge in [0, 0.05) is 55.7 Å². The third-order valence-electron chi connectivity index (χ3n) is 5.28. The van der Waals surface area contributed by atoms with Crippen LogP contribution in [0.1, 0.15) is 12.5 Å². The molecule has 2 N–H and O–H groups in total. The zero-order valence-electron chi connectivity index (χ0n) is 17.1. The summed E-state index contributed by atoms with van der Waals surface area (Å²) in [5.74, 6) is -0.127. The van der Waals surface area contributed by atoms with Gasteiger partial charge in [0.2, 0.25) is 11.8 Å². The van der Waals surface area contributed by atoms with E-state index < -0.39 is 0 Å². The Morgan fingerprint density at radius 1 is 0.900 bits per heavy atom. The van der Waals surface area contributed by atoms with Gasteiger partial charge in [-0.1, -0.05) is 18.2 Å². The monoisotopic (exact) mass is 422 g/mol. The van der Waals surface area contributed by atoms with E-state index in [0.717, 1.165) is 44.1 Å². The van der Waals surface area contributed by atoms with Crippen LogP contribution in [0.15, 0.2) is 53.9 Å². The molecule has 0 aliphatic carbocycles. The number of piperazine rings is 1. The van der Waals surface area contributed by atoms with Crippen LogP contribution in [0, 0.1) is 0 Å². The van der Waals surface area contributed by atoms with Crippen molar-refractivity contribution in [2.75, 3.05) is 43.4 Å². The highest BCUT2D eigenvalue weighted by Gasteiger charge is 2.20. The summed E-state index contributed by atoms with van der Waals surface area (Å²) in [6.45, 7) is 6.52. The molecule has 0 radical (unpaired) electrons. The van der Waals surface area contributed by atoms with Crippen LogP contribution in [-0.4, -0.2) is 54.3 Å². The Kier molecular flexibility index (Phi) is 6.42. The second-order valence-corrected chi connectivity index (χ2v) is 8.53. The third kappa shape index (κ3) is 5.24. The van der Waals surface area contributed by atoms with E-state index in [1.807, 2.05) is 0 Å². The Labute approximate surface area is 180 Å². The third-order valence-corrected chi connectivity index (χ3v) is 6.29. The molecule has 30 heavy (non-hydrogen) atoms. The van der Waals surface area contributed by atoms with Crippen molar-refractivity contribution in [2.24, 2.45) is 0 Å². The number of nitrogens with zero attached hydrogens (tertiary/aromatic N) is 2. The molecule has 2 aromatic carbocycles. The Balaban J connectivity index is 1.23. The zero-order valence-corrected chi connectivity index (χ0v) is 17.9.